The number of rotatable bonds is 3. The minimum Gasteiger partial charge on any atom is -0.508 e. The van der Waals surface area contributed by atoms with E-state index in [2.05, 4.69) is 5.32 Å². The molecule has 24 heavy (non-hydrogen) atoms. The summed E-state index contributed by atoms with van der Waals surface area (Å²) in [6.07, 6.45) is -0.426. The molecule has 0 spiro atoms. The van der Waals surface area contributed by atoms with Crippen molar-refractivity contribution in [3.05, 3.63) is 59.7 Å². The Kier molecular flexibility index (Phi) is 4.12. The third-order valence-electron chi connectivity index (χ3n) is 4.21. The molecule has 2 aromatic rings. The first-order chi connectivity index (χ1) is 11.5. The van der Waals surface area contributed by atoms with Crippen molar-refractivity contribution in [2.75, 3.05) is 25.5 Å². The summed E-state index contributed by atoms with van der Waals surface area (Å²) in [4.78, 5) is 28.2. The van der Waals surface area contributed by atoms with Crippen molar-refractivity contribution in [3.8, 4) is 5.75 Å². The lowest BCUT2D eigenvalue weighted by atomic mass is 10.0. The number of hydrogen-bond acceptors (Lipinski definition) is 4. The number of nitrogens with one attached hydrogen (secondary N) is 1. The predicted molar refractivity (Wildman–Crippen MR) is 90.8 cm³/mol. The van der Waals surface area contributed by atoms with Gasteiger partial charge in [-0.05, 0) is 29.8 Å². The smallest absolute Gasteiger partial charge is 0.257 e. The topological polar surface area (TPSA) is 72.9 Å². The van der Waals surface area contributed by atoms with Crippen LogP contribution in [0.3, 0.4) is 0 Å². The number of fused-ring (bicyclic) bond motifs is 1. The van der Waals surface area contributed by atoms with E-state index in [0.717, 1.165) is 11.3 Å². The average Bonchev–Trinajstić information content (AvgIpc) is 2.60. The molecule has 3 rings (SSSR count). The summed E-state index contributed by atoms with van der Waals surface area (Å²) < 4.78 is 0. The van der Waals surface area contributed by atoms with Crippen LogP contribution in [-0.4, -0.2) is 42.5 Å². The van der Waals surface area contributed by atoms with Gasteiger partial charge in [0.05, 0.1) is 17.8 Å². The van der Waals surface area contributed by atoms with Crippen LogP contribution in [-0.2, 0) is 4.79 Å². The first-order valence-electron chi connectivity index (χ1n) is 7.65. The zero-order valence-corrected chi connectivity index (χ0v) is 13.6. The Morgan fingerprint density at radius 1 is 1.17 bits per heavy atom. The van der Waals surface area contributed by atoms with Gasteiger partial charge in [0.15, 0.2) is 0 Å². The molecule has 0 unspecified atom stereocenters. The number of anilines is 1. The van der Waals surface area contributed by atoms with Gasteiger partial charge in [-0.1, -0.05) is 24.3 Å². The van der Waals surface area contributed by atoms with Crippen molar-refractivity contribution >= 4 is 17.5 Å². The van der Waals surface area contributed by atoms with Crippen molar-refractivity contribution in [1.82, 2.24) is 10.2 Å². The van der Waals surface area contributed by atoms with Gasteiger partial charge in [-0.25, -0.2) is 0 Å². The SMILES string of the molecule is CNC(=O)CN1c2ccccc2C(=O)N(C)[C@@H]1c1ccc(O)cc1. The molecule has 124 valence electrons. The van der Waals surface area contributed by atoms with E-state index in [1.165, 1.54) is 0 Å². The Bertz CT molecular complexity index is 773. The molecule has 0 fully saturated rings. The number of carbonyl (C=O) groups excluding carboxylic acids is 2. The molecular formula is C18H19N3O3. The van der Waals surface area contributed by atoms with Crippen molar-refractivity contribution in [2.45, 2.75) is 6.17 Å². The van der Waals surface area contributed by atoms with E-state index < -0.39 is 6.17 Å². The number of para-hydroxylation sites is 1. The summed E-state index contributed by atoms with van der Waals surface area (Å²) in [5, 5.41) is 12.1. The van der Waals surface area contributed by atoms with Gasteiger partial charge < -0.3 is 20.2 Å². The number of benzene rings is 2. The fourth-order valence-electron chi connectivity index (χ4n) is 3.00. The van der Waals surface area contributed by atoms with Crippen LogP contribution in [0.15, 0.2) is 48.5 Å². The molecule has 6 nitrogen and oxygen atoms in total. The van der Waals surface area contributed by atoms with Gasteiger partial charge in [-0.3, -0.25) is 9.59 Å². The predicted octanol–water partition coefficient (Wildman–Crippen LogP) is 1.73. The monoisotopic (exact) mass is 325 g/mol. The van der Waals surface area contributed by atoms with E-state index in [4.69, 9.17) is 0 Å². The minimum atomic E-state index is -0.426. The maximum atomic E-state index is 12.7. The van der Waals surface area contributed by atoms with Crippen molar-refractivity contribution in [1.29, 1.82) is 0 Å². The molecule has 1 aliphatic rings. The molecule has 0 bridgehead atoms. The first kappa shape index (κ1) is 15.9. The summed E-state index contributed by atoms with van der Waals surface area (Å²) in [5.74, 6) is -0.0880. The number of phenolic OH excluding ortho intramolecular Hbond substituents is 1. The number of aromatic hydroxyl groups is 1. The second-order valence-electron chi connectivity index (χ2n) is 5.70. The Morgan fingerprint density at radius 2 is 1.83 bits per heavy atom. The van der Waals surface area contributed by atoms with E-state index in [9.17, 15) is 14.7 Å². The molecule has 0 aromatic heterocycles. The van der Waals surface area contributed by atoms with Crippen LogP contribution in [0.1, 0.15) is 22.1 Å². The van der Waals surface area contributed by atoms with Gasteiger partial charge >= 0.3 is 0 Å². The normalized spacial score (nSPS) is 16.8. The molecule has 0 saturated carbocycles. The molecule has 1 aliphatic heterocycles. The van der Waals surface area contributed by atoms with E-state index in [-0.39, 0.29) is 24.1 Å². The Labute approximate surface area is 140 Å². The highest BCUT2D eigenvalue weighted by Crippen LogP contribution is 2.37. The van der Waals surface area contributed by atoms with Crippen molar-refractivity contribution < 1.29 is 14.7 Å². The second kappa shape index (κ2) is 6.23. The minimum absolute atomic E-state index is 0.100. The highest BCUT2D eigenvalue weighted by Gasteiger charge is 2.36. The molecule has 0 radical (unpaired) electrons. The van der Waals surface area contributed by atoms with Gasteiger partial charge in [0.2, 0.25) is 5.91 Å². The summed E-state index contributed by atoms with van der Waals surface area (Å²) in [6.45, 7) is 0.122. The highest BCUT2D eigenvalue weighted by atomic mass is 16.3. The lowest BCUT2D eigenvalue weighted by Crippen LogP contribution is -2.50. The standard InChI is InChI=1S/C18H19N3O3/c1-19-16(23)11-21-15-6-4-3-5-14(15)18(24)20(2)17(21)12-7-9-13(22)10-8-12/h3-10,17,22H,11H2,1-2H3,(H,19,23)/t17-/m0/s1. The van der Waals surface area contributed by atoms with Crippen molar-refractivity contribution in [3.63, 3.8) is 0 Å². The second-order valence-corrected chi connectivity index (χ2v) is 5.70. The molecule has 2 aromatic carbocycles. The average molecular weight is 325 g/mol. The number of nitrogens with zero attached hydrogens (tertiary/aromatic N) is 2. The summed E-state index contributed by atoms with van der Waals surface area (Å²) in [5.41, 5.74) is 2.11. The van der Waals surface area contributed by atoms with Crippen LogP contribution in [0.5, 0.6) is 5.75 Å². The Balaban J connectivity index is 2.12. The van der Waals surface area contributed by atoms with Crippen LogP contribution >= 0.6 is 0 Å². The molecule has 0 aliphatic carbocycles. The first-order valence-corrected chi connectivity index (χ1v) is 7.65. The van der Waals surface area contributed by atoms with E-state index >= 15 is 0 Å². The van der Waals surface area contributed by atoms with Gasteiger partial charge in [-0.15, -0.1) is 0 Å². The molecular weight excluding hydrogens is 306 g/mol. The lowest BCUT2D eigenvalue weighted by molar-refractivity contribution is -0.119. The third-order valence-corrected chi connectivity index (χ3v) is 4.21. The van der Waals surface area contributed by atoms with Crippen LogP contribution in [0.25, 0.3) is 0 Å². The van der Waals surface area contributed by atoms with Crippen LogP contribution in [0, 0.1) is 0 Å². The Morgan fingerprint density at radius 3 is 2.50 bits per heavy atom. The number of likely N-dealkylation sites (N-methyl/N-ethyl adjacent to an activating group) is 1. The van der Waals surface area contributed by atoms with Gasteiger partial charge in [0, 0.05) is 14.1 Å². The Hall–Kier alpha value is -3.02. The van der Waals surface area contributed by atoms with Crippen molar-refractivity contribution in [2.24, 2.45) is 0 Å². The highest BCUT2D eigenvalue weighted by molar-refractivity contribution is 6.02. The fourth-order valence-corrected chi connectivity index (χ4v) is 3.00. The van der Waals surface area contributed by atoms with E-state index in [0.29, 0.717) is 5.56 Å². The largest absolute Gasteiger partial charge is 0.508 e. The fraction of sp³-hybridized carbons (Fsp3) is 0.222. The molecule has 1 heterocycles. The molecule has 2 N–H and O–H groups in total. The van der Waals surface area contributed by atoms with Crippen LogP contribution in [0.4, 0.5) is 5.69 Å². The zero-order valence-electron chi connectivity index (χ0n) is 13.6. The number of hydrogen-bond donors (Lipinski definition) is 2. The van der Waals surface area contributed by atoms with Crippen LogP contribution < -0.4 is 10.2 Å². The van der Waals surface area contributed by atoms with Gasteiger partial charge in [0.1, 0.15) is 11.9 Å². The van der Waals surface area contributed by atoms with Crippen LogP contribution in [0.2, 0.25) is 0 Å². The lowest BCUT2D eigenvalue weighted by Gasteiger charge is -2.43. The maximum Gasteiger partial charge on any atom is 0.257 e. The third kappa shape index (κ3) is 2.67. The quantitative estimate of drug-likeness (QED) is 0.901. The maximum absolute atomic E-state index is 12.7. The number of phenols is 1. The van der Waals surface area contributed by atoms with Gasteiger partial charge in [-0.2, -0.15) is 0 Å². The molecule has 6 heteroatoms. The number of carbonyl (C=O) groups is 2. The molecule has 2 amide bonds. The number of amides is 2. The van der Waals surface area contributed by atoms with Gasteiger partial charge in [0.25, 0.3) is 5.91 Å². The van der Waals surface area contributed by atoms with E-state index in [1.807, 2.05) is 23.1 Å². The summed E-state index contributed by atoms with van der Waals surface area (Å²) >= 11 is 0. The molecule has 1 atom stereocenters. The summed E-state index contributed by atoms with van der Waals surface area (Å²) in [7, 11) is 3.30. The molecule has 0 saturated heterocycles. The zero-order chi connectivity index (χ0) is 17.3. The summed E-state index contributed by atoms with van der Waals surface area (Å²) in [6, 6.07) is 13.9. The van der Waals surface area contributed by atoms with E-state index in [1.54, 1.807) is 49.3 Å².